The molecule has 0 spiro atoms. The van der Waals surface area contributed by atoms with Gasteiger partial charge in [-0.15, -0.1) is 10.2 Å². The van der Waals surface area contributed by atoms with Crippen molar-refractivity contribution in [1.29, 1.82) is 0 Å². The number of hydrogen-bond donors (Lipinski definition) is 2. The molecule has 0 saturated heterocycles. The van der Waals surface area contributed by atoms with Crippen molar-refractivity contribution in [1.82, 2.24) is 20.2 Å². The lowest BCUT2D eigenvalue weighted by Gasteiger charge is -2.09. The number of nitrogens with one attached hydrogen (secondary N) is 2. The molecule has 0 amide bonds. The van der Waals surface area contributed by atoms with Gasteiger partial charge in [0.15, 0.2) is 17.1 Å². The second kappa shape index (κ2) is 7.28. The summed E-state index contributed by atoms with van der Waals surface area (Å²) in [6.07, 6.45) is 1.65. The van der Waals surface area contributed by atoms with E-state index in [1.165, 1.54) is 0 Å². The minimum Gasteiger partial charge on any atom is -0.493 e. The van der Waals surface area contributed by atoms with Crippen molar-refractivity contribution in [3.05, 3.63) is 48.0 Å². The maximum atomic E-state index is 5.51. The molecule has 2 aromatic heterocycles. The molecular weight excluding hydrogens is 344 g/mol. The Bertz CT molecular complexity index is 1120. The summed E-state index contributed by atoms with van der Waals surface area (Å²) in [5.41, 5.74) is 6.01. The van der Waals surface area contributed by atoms with Crippen LogP contribution in [0.4, 0.5) is 5.95 Å². The molecule has 0 bridgehead atoms. The number of hydrazone groups is 1. The molecule has 8 heteroatoms. The van der Waals surface area contributed by atoms with E-state index in [-0.39, 0.29) is 0 Å². The highest BCUT2D eigenvalue weighted by Gasteiger charge is 2.08. The Morgan fingerprint density at radius 3 is 2.89 bits per heavy atom. The minimum atomic E-state index is 0.309. The van der Waals surface area contributed by atoms with Gasteiger partial charge < -0.3 is 14.5 Å². The van der Waals surface area contributed by atoms with E-state index in [2.05, 4.69) is 30.7 Å². The normalized spacial score (nSPS) is 11.3. The molecule has 4 rings (SSSR count). The fraction of sp³-hybridized carbons (Fsp3) is 0.158. The van der Waals surface area contributed by atoms with Crippen LogP contribution in [-0.4, -0.2) is 40.1 Å². The molecule has 136 valence electrons. The highest BCUT2D eigenvalue weighted by atomic mass is 16.5. The number of aromatic amines is 1. The Labute approximate surface area is 155 Å². The maximum Gasteiger partial charge on any atom is 0.265 e. The number of hydrogen-bond acceptors (Lipinski definition) is 7. The smallest absolute Gasteiger partial charge is 0.265 e. The molecular formula is C19H18N6O2. The van der Waals surface area contributed by atoms with Crippen LogP contribution in [0.5, 0.6) is 11.5 Å². The number of para-hydroxylation sites is 1. The van der Waals surface area contributed by atoms with Crippen LogP contribution < -0.4 is 14.9 Å². The van der Waals surface area contributed by atoms with E-state index in [1.807, 2.05) is 49.4 Å². The zero-order valence-electron chi connectivity index (χ0n) is 14.9. The van der Waals surface area contributed by atoms with E-state index in [9.17, 15) is 0 Å². The van der Waals surface area contributed by atoms with Gasteiger partial charge in [-0.05, 0) is 36.8 Å². The lowest BCUT2D eigenvalue weighted by atomic mass is 10.2. The fourth-order valence-electron chi connectivity index (χ4n) is 2.77. The number of H-pyrrole nitrogens is 1. The van der Waals surface area contributed by atoms with Gasteiger partial charge in [0.05, 0.1) is 19.9 Å². The molecule has 4 aromatic rings. The number of benzene rings is 2. The lowest BCUT2D eigenvalue weighted by Crippen LogP contribution is -1.99. The molecule has 0 radical (unpaired) electrons. The van der Waals surface area contributed by atoms with Crippen molar-refractivity contribution in [2.24, 2.45) is 5.10 Å². The summed E-state index contributed by atoms with van der Waals surface area (Å²) in [7, 11) is 1.60. The topological polar surface area (TPSA) is 97.3 Å². The van der Waals surface area contributed by atoms with E-state index in [0.29, 0.717) is 29.7 Å². The van der Waals surface area contributed by atoms with Gasteiger partial charge in [-0.1, -0.05) is 18.2 Å². The van der Waals surface area contributed by atoms with Gasteiger partial charge in [-0.25, -0.2) is 5.43 Å². The molecule has 2 aromatic carbocycles. The zero-order valence-corrected chi connectivity index (χ0v) is 14.9. The Morgan fingerprint density at radius 1 is 1.15 bits per heavy atom. The van der Waals surface area contributed by atoms with Gasteiger partial charge in [0.25, 0.3) is 5.95 Å². The highest BCUT2D eigenvalue weighted by Crippen LogP contribution is 2.27. The number of methoxy groups -OCH3 is 1. The fourth-order valence-corrected chi connectivity index (χ4v) is 2.77. The first-order chi connectivity index (χ1) is 13.3. The number of aromatic nitrogens is 4. The summed E-state index contributed by atoms with van der Waals surface area (Å²) < 4.78 is 10.8. The van der Waals surface area contributed by atoms with Gasteiger partial charge in [-0.2, -0.15) is 10.1 Å². The minimum absolute atomic E-state index is 0.309. The van der Waals surface area contributed by atoms with Gasteiger partial charge in [0, 0.05) is 10.9 Å². The van der Waals surface area contributed by atoms with E-state index < -0.39 is 0 Å². The van der Waals surface area contributed by atoms with Gasteiger partial charge in [-0.3, -0.25) is 0 Å². The van der Waals surface area contributed by atoms with Crippen molar-refractivity contribution < 1.29 is 9.47 Å². The van der Waals surface area contributed by atoms with Gasteiger partial charge in [0.1, 0.15) is 5.52 Å². The molecule has 0 aliphatic carbocycles. The van der Waals surface area contributed by atoms with Crippen molar-refractivity contribution in [2.45, 2.75) is 6.92 Å². The first-order valence-electron chi connectivity index (χ1n) is 8.49. The summed E-state index contributed by atoms with van der Waals surface area (Å²) in [5.74, 6) is 1.66. The summed E-state index contributed by atoms with van der Waals surface area (Å²) in [6.45, 7) is 2.50. The van der Waals surface area contributed by atoms with Gasteiger partial charge in [0.2, 0.25) is 0 Å². The average Bonchev–Trinajstić information content (AvgIpc) is 3.07. The van der Waals surface area contributed by atoms with Crippen LogP contribution in [0.15, 0.2) is 47.6 Å². The van der Waals surface area contributed by atoms with Crippen LogP contribution in [0.2, 0.25) is 0 Å². The predicted octanol–water partition coefficient (Wildman–Crippen LogP) is 3.36. The third-order valence-corrected chi connectivity index (χ3v) is 3.99. The number of ether oxygens (including phenoxy) is 2. The van der Waals surface area contributed by atoms with Crippen LogP contribution in [0.1, 0.15) is 12.5 Å². The molecule has 27 heavy (non-hydrogen) atoms. The predicted molar refractivity (Wildman–Crippen MR) is 105 cm³/mol. The summed E-state index contributed by atoms with van der Waals surface area (Å²) in [6, 6.07) is 13.4. The number of anilines is 1. The molecule has 0 fully saturated rings. The monoisotopic (exact) mass is 362 g/mol. The van der Waals surface area contributed by atoms with Crippen LogP contribution in [0.3, 0.4) is 0 Å². The number of rotatable bonds is 6. The third kappa shape index (κ3) is 3.37. The summed E-state index contributed by atoms with van der Waals surface area (Å²) in [5, 5.41) is 13.5. The molecule has 2 heterocycles. The van der Waals surface area contributed by atoms with E-state index in [0.717, 1.165) is 22.0 Å². The van der Waals surface area contributed by atoms with Crippen molar-refractivity contribution in [2.75, 3.05) is 19.1 Å². The molecule has 8 nitrogen and oxygen atoms in total. The molecule has 0 saturated carbocycles. The Morgan fingerprint density at radius 2 is 2.04 bits per heavy atom. The molecule has 2 N–H and O–H groups in total. The first kappa shape index (κ1) is 16.8. The second-order valence-electron chi connectivity index (χ2n) is 5.72. The maximum absolute atomic E-state index is 5.51. The molecule has 0 atom stereocenters. The van der Waals surface area contributed by atoms with Crippen molar-refractivity contribution in [3.8, 4) is 11.5 Å². The SMILES string of the molecule is CCOc1ccc(/C=N/Nc2nnc3c(n2)[nH]c2ccccc23)cc1OC. The Hall–Kier alpha value is -3.68. The summed E-state index contributed by atoms with van der Waals surface area (Å²) >= 11 is 0. The molecule has 0 unspecified atom stereocenters. The van der Waals surface area contributed by atoms with Crippen LogP contribution in [-0.2, 0) is 0 Å². The number of nitrogens with zero attached hydrogens (tertiary/aromatic N) is 4. The van der Waals surface area contributed by atoms with Gasteiger partial charge >= 0.3 is 0 Å². The standard InChI is InChI=1S/C19H18N6O2/c1-3-27-15-9-8-12(10-16(15)26-2)11-20-24-19-22-18-17(23-25-19)13-6-4-5-7-14(13)21-18/h4-11H,3H2,1-2H3,(H2,21,22,24,25)/b20-11+. The van der Waals surface area contributed by atoms with Crippen LogP contribution in [0, 0.1) is 0 Å². The Balaban J connectivity index is 1.53. The highest BCUT2D eigenvalue weighted by molar-refractivity contribution is 6.03. The van der Waals surface area contributed by atoms with Crippen molar-refractivity contribution in [3.63, 3.8) is 0 Å². The third-order valence-electron chi connectivity index (χ3n) is 3.99. The number of fused-ring (bicyclic) bond motifs is 3. The van der Waals surface area contributed by atoms with E-state index in [1.54, 1.807) is 13.3 Å². The second-order valence-corrected chi connectivity index (χ2v) is 5.72. The van der Waals surface area contributed by atoms with E-state index >= 15 is 0 Å². The first-order valence-corrected chi connectivity index (χ1v) is 8.49. The quantitative estimate of drug-likeness (QED) is 0.403. The molecule has 0 aliphatic rings. The average molecular weight is 362 g/mol. The van der Waals surface area contributed by atoms with Crippen LogP contribution >= 0.6 is 0 Å². The molecule has 0 aliphatic heterocycles. The largest absolute Gasteiger partial charge is 0.493 e. The summed E-state index contributed by atoms with van der Waals surface area (Å²) in [4.78, 5) is 7.64. The van der Waals surface area contributed by atoms with E-state index in [4.69, 9.17) is 9.47 Å². The zero-order chi connectivity index (χ0) is 18.6. The van der Waals surface area contributed by atoms with Crippen LogP contribution in [0.25, 0.3) is 22.1 Å². The van der Waals surface area contributed by atoms with Crippen molar-refractivity contribution >= 4 is 34.2 Å². The Kier molecular flexibility index (Phi) is 4.52. The lowest BCUT2D eigenvalue weighted by molar-refractivity contribution is 0.311.